The molecule has 20 nitrogen and oxygen atoms in total. The summed E-state index contributed by atoms with van der Waals surface area (Å²) in [5, 5.41) is 49.5. The van der Waals surface area contributed by atoms with Crippen molar-refractivity contribution in [2.45, 2.75) is 141 Å². The number of hydrogen-bond acceptors (Lipinski definition) is 15. The van der Waals surface area contributed by atoms with Crippen LogP contribution in [0.1, 0.15) is 112 Å². The summed E-state index contributed by atoms with van der Waals surface area (Å²) >= 11 is 0. The monoisotopic (exact) mass is 1170 g/mol. The van der Waals surface area contributed by atoms with E-state index in [0.29, 0.717) is 51.6 Å². The Bertz CT molecular complexity index is 3870. The number of aliphatic hydroxyl groups excluding tert-OH is 2. The average molecular weight is 1170 g/mol. The Morgan fingerprint density at radius 3 is 2.41 bits per heavy atom. The molecule has 6 aliphatic rings. The molecule has 2 amide bonds. The zero-order valence-electron chi connectivity index (χ0n) is 48.7. The van der Waals surface area contributed by atoms with Crippen LogP contribution in [-0.2, 0) is 27.5 Å². The minimum Gasteiger partial charge on any atom is -0.486 e. The standard InChI is InChI=1S/C64H71F2N13O7/c1-5-78-50(18-21-69-78)40-14-12-39(13-15-40)49(30-80)70-61(82)51-23-43(81)28-77(51)62(83)58(34(2)3)79-29-48(73-75-79)38-8-6-36(7-9-38)31-85-59-53(52-35(4)54(65)55(66)56-47(52)26-68-74-56)45(37-10-11-37)24-46-57(59)71-63(72-60(46)76-27-41-22-42(76)25-67-41)86-44-16-19-64(20-17-44)32-84-33-64/h6-9,12-15,18,21,24,26,29,34,37,41-44,49,51,58,67,80-81H,5,10-11,16-17,19-20,22-23,25,27-28,30-33H2,1-4H3,(H,68,74)(H,70,82)/t41-,42-,43+,49-,51-,58-/m0/s1. The largest absolute Gasteiger partial charge is 0.486 e. The lowest BCUT2D eigenvalue weighted by molar-refractivity contribution is -0.142. The molecule has 0 unspecified atom stereocenters. The predicted molar refractivity (Wildman–Crippen MR) is 316 cm³/mol. The number of amides is 2. The van der Waals surface area contributed by atoms with Crippen LogP contribution in [0.5, 0.6) is 11.8 Å². The quantitative estimate of drug-likeness (QED) is 0.0544. The highest BCUT2D eigenvalue weighted by atomic mass is 19.2. The Hall–Kier alpha value is -7.92. The van der Waals surface area contributed by atoms with Crippen molar-refractivity contribution in [3.05, 3.63) is 113 Å². The van der Waals surface area contributed by atoms with Gasteiger partial charge in [0.25, 0.3) is 0 Å². The number of hydrogen-bond donors (Lipinski definition) is 5. The maximum absolute atomic E-state index is 16.3. The fourth-order valence-electron chi connectivity index (χ4n) is 14.0. The van der Waals surface area contributed by atoms with Crippen LogP contribution in [0.15, 0.2) is 79.3 Å². The number of aromatic nitrogens is 9. The minimum absolute atomic E-state index is 0.0283. The lowest BCUT2D eigenvalue weighted by Gasteiger charge is -2.45. The van der Waals surface area contributed by atoms with Crippen LogP contribution in [0.4, 0.5) is 14.6 Å². The van der Waals surface area contributed by atoms with Gasteiger partial charge in [0, 0.05) is 83.8 Å². The van der Waals surface area contributed by atoms with E-state index in [1.807, 2.05) is 80.1 Å². The van der Waals surface area contributed by atoms with Gasteiger partial charge < -0.3 is 44.9 Å². The van der Waals surface area contributed by atoms with Gasteiger partial charge in [-0.05, 0) is 111 Å². The van der Waals surface area contributed by atoms with Crippen LogP contribution in [0, 0.1) is 29.9 Å². The number of aromatic amines is 1. The summed E-state index contributed by atoms with van der Waals surface area (Å²) in [6.07, 6.45) is 10.5. The Balaban J connectivity index is 0.751. The highest BCUT2D eigenvalue weighted by Gasteiger charge is 2.46. The molecule has 2 aliphatic carbocycles. The number of aliphatic hydroxyl groups is 2. The van der Waals surface area contributed by atoms with E-state index in [-0.39, 0.29) is 72.7 Å². The number of nitrogens with zero attached hydrogens (tertiary/aromatic N) is 10. The Morgan fingerprint density at radius 2 is 1.72 bits per heavy atom. The van der Waals surface area contributed by atoms with Crippen molar-refractivity contribution in [2.24, 2.45) is 11.3 Å². The van der Waals surface area contributed by atoms with Crippen molar-refractivity contribution in [1.82, 2.24) is 60.5 Å². The Kier molecular flexibility index (Phi) is 14.6. The Morgan fingerprint density at radius 1 is 0.942 bits per heavy atom. The summed E-state index contributed by atoms with van der Waals surface area (Å²) < 4.78 is 55.0. The number of carbonyl (C=O) groups is 2. The van der Waals surface area contributed by atoms with Crippen LogP contribution in [-0.4, -0.2) is 142 Å². The molecular formula is C64H71F2N13O7. The molecule has 8 aromatic rings. The fourth-order valence-corrected chi connectivity index (χ4v) is 14.0. The number of benzene rings is 4. The predicted octanol–water partition coefficient (Wildman–Crippen LogP) is 8.26. The third kappa shape index (κ3) is 10.1. The molecule has 6 fully saturated rings. The highest BCUT2D eigenvalue weighted by molar-refractivity contribution is 6.06. The number of carbonyl (C=O) groups excluding carboxylic acids is 2. The Labute approximate surface area is 495 Å². The lowest BCUT2D eigenvalue weighted by Crippen LogP contribution is -2.50. The topological polar surface area (TPSA) is 236 Å². The van der Waals surface area contributed by atoms with Gasteiger partial charge in [-0.15, -0.1) is 5.10 Å². The van der Waals surface area contributed by atoms with E-state index >= 15 is 8.78 Å². The van der Waals surface area contributed by atoms with Crippen LogP contribution in [0.3, 0.4) is 0 Å². The van der Waals surface area contributed by atoms with Crippen molar-refractivity contribution >= 4 is 39.4 Å². The van der Waals surface area contributed by atoms with Crippen LogP contribution in [0.2, 0.25) is 0 Å². The number of rotatable bonds is 18. The molecule has 4 saturated heterocycles. The van der Waals surface area contributed by atoms with E-state index in [2.05, 4.69) is 47.2 Å². The smallest absolute Gasteiger partial charge is 0.319 e. The molecule has 4 aromatic carbocycles. The molecule has 2 bridgehead atoms. The second-order valence-electron chi connectivity index (χ2n) is 25.0. The summed E-state index contributed by atoms with van der Waals surface area (Å²) in [7, 11) is 0. The number of anilines is 1. The number of halogens is 2. The van der Waals surface area contributed by atoms with Crippen LogP contribution in [0.25, 0.3) is 55.4 Å². The number of likely N-dealkylation sites (tertiary alicyclic amines) is 1. The molecule has 8 heterocycles. The summed E-state index contributed by atoms with van der Waals surface area (Å²) in [6, 6.07) is 17.5. The first kappa shape index (κ1) is 55.9. The van der Waals surface area contributed by atoms with Crippen LogP contribution >= 0.6 is 0 Å². The van der Waals surface area contributed by atoms with E-state index in [4.69, 9.17) is 24.2 Å². The van der Waals surface area contributed by atoms with Crippen molar-refractivity contribution < 1.29 is 42.8 Å². The molecule has 86 heavy (non-hydrogen) atoms. The van der Waals surface area contributed by atoms with Gasteiger partial charge in [-0.25, -0.2) is 13.5 Å². The molecular weight excluding hydrogens is 1100 g/mol. The maximum atomic E-state index is 16.3. The van der Waals surface area contributed by atoms with Crippen molar-refractivity contribution in [3.63, 3.8) is 0 Å². The first-order valence-corrected chi connectivity index (χ1v) is 30.3. The number of piperazine rings is 1. The van der Waals surface area contributed by atoms with E-state index in [1.54, 1.807) is 25.5 Å². The number of β-amino-alcohol motifs (C(OH)–C–C–N with tert-alkyl or cyclic N) is 1. The second-order valence-corrected chi connectivity index (χ2v) is 25.0. The summed E-state index contributed by atoms with van der Waals surface area (Å²) in [6.45, 7) is 10.9. The molecule has 22 heteroatoms. The fraction of sp³-hybridized carbons (Fsp3) is 0.469. The first-order chi connectivity index (χ1) is 41.7. The van der Waals surface area contributed by atoms with E-state index < -0.39 is 47.7 Å². The molecule has 4 aliphatic heterocycles. The number of nitrogens with one attached hydrogen (secondary N) is 3. The highest BCUT2D eigenvalue weighted by Crippen LogP contribution is 2.54. The molecule has 0 radical (unpaired) electrons. The number of ether oxygens (including phenoxy) is 3. The van der Waals surface area contributed by atoms with Crippen LogP contribution < -0.4 is 25.0 Å². The van der Waals surface area contributed by atoms with Gasteiger partial charge in [0.05, 0.1) is 50.1 Å². The maximum Gasteiger partial charge on any atom is 0.319 e. The minimum atomic E-state index is -0.999. The third-order valence-corrected chi connectivity index (χ3v) is 18.9. The average Bonchev–Trinajstić information content (AvgIpc) is 2.10. The molecule has 1 spiro atoms. The van der Waals surface area contributed by atoms with Gasteiger partial charge >= 0.3 is 6.01 Å². The van der Waals surface area contributed by atoms with Gasteiger partial charge in [-0.2, -0.15) is 20.2 Å². The van der Waals surface area contributed by atoms with Crippen molar-refractivity contribution in [2.75, 3.05) is 44.4 Å². The zero-order chi connectivity index (χ0) is 59.1. The molecule has 4 aromatic heterocycles. The molecule has 448 valence electrons. The summed E-state index contributed by atoms with van der Waals surface area (Å²) in [5.74, 6) is -1.81. The summed E-state index contributed by atoms with van der Waals surface area (Å²) in [4.78, 5) is 43.1. The molecule has 2 saturated carbocycles. The number of aryl methyl sites for hydroxylation is 1. The second kappa shape index (κ2) is 22.4. The number of H-pyrrole nitrogens is 1. The lowest BCUT2D eigenvalue weighted by atomic mass is 9.72. The van der Waals surface area contributed by atoms with E-state index in [1.165, 1.54) is 9.58 Å². The van der Waals surface area contributed by atoms with Gasteiger partial charge in [0.2, 0.25) is 11.8 Å². The molecule has 5 N–H and O–H groups in total. The van der Waals surface area contributed by atoms with Gasteiger partial charge in [0.1, 0.15) is 47.3 Å². The first-order valence-electron chi connectivity index (χ1n) is 30.3. The van der Waals surface area contributed by atoms with Gasteiger partial charge in [-0.1, -0.05) is 67.6 Å². The third-order valence-electron chi connectivity index (χ3n) is 18.9. The SMILES string of the molecule is CCn1nccc1-c1ccc([C@H](CO)NC(=O)[C@@H]2C[C@@H](O)CN2C(=O)[C@H](C(C)C)n2cc(-c3ccc(COc4c(-c5c(C)c(F)c(F)c6[nH]ncc56)c(C5CC5)cc5c(N6C[C@@H]7C[C@H]6CN7)nc(OC6CCC7(CC6)COC7)nc45)cc3)nn2)cc1. The zero-order valence-corrected chi connectivity index (χ0v) is 48.7. The van der Waals surface area contributed by atoms with Crippen molar-refractivity contribution in [3.8, 4) is 45.4 Å². The summed E-state index contributed by atoms with van der Waals surface area (Å²) in [5.41, 5.74) is 7.51. The molecule has 14 rings (SSSR count). The normalized spacial score (nSPS) is 21.7. The van der Waals surface area contributed by atoms with Gasteiger partial charge in [0.15, 0.2) is 17.4 Å². The number of fused-ring (bicyclic) bond motifs is 4. The van der Waals surface area contributed by atoms with Crippen molar-refractivity contribution in [1.29, 1.82) is 0 Å². The van der Waals surface area contributed by atoms with Gasteiger partial charge in [-0.3, -0.25) is 19.4 Å². The van der Waals surface area contributed by atoms with E-state index in [9.17, 15) is 19.8 Å². The molecule has 6 atom stereocenters. The van der Waals surface area contributed by atoms with E-state index in [0.717, 1.165) is 110 Å².